The number of carbonyl (C=O) groups is 1. The number of anilines is 1. The molecule has 4 heteroatoms. The standard InChI is InChI=1S/C22H23NO3/c1-4-23(19-8-6-5-7-9-19)22(24)16(2)26-21-13-11-17-10-12-20(25-3)14-18(17)15-21/h5-16H,4H2,1-3H3/t16-/m1/s1. The number of ether oxygens (including phenoxy) is 2. The van der Waals surface area contributed by atoms with Crippen molar-refractivity contribution >= 4 is 22.4 Å². The number of benzene rings is 3. The molecule has 3 aromatic carbocycles. The van der Waals surface area contributed by atoms with Crippen molar-refractivity contribution < 1.29 is 14.3 Å². The number of hydrogen-bond acceptors (Lipinski definition) is 3. The van der Waals surface area contributed by atoms with E-state index in [0.717, 1.165) is 22.2 Å². The van der Waals surface area contributed by atoms with Gasteiger partial charge in [-0.2, -0.15) is 0 Å². The summed E-state index contributed by atoms with van der Waals surface area (Å²) in [7, 11) is 1.64. The predicted octanol–water partition coefficient (Wildman–Crippen LogP) is 4.67. The summed E-state index contributed by atoms with van der Waals surface area (Å²) in [5.41, 5.74) is 0.874. The Morgan fingerprint density at radius 2 is 1.62 bits per heavy atom. The van der Waals surface area contributed by atoms with Crippen molar-refractivity contribution in [2.24, 2.45) is 0 Å². The number of carbonyl (C=O) groups excluding carboxylic acids is 1. The zero-order valence-electron chi connectivity index (χ0n) is 15.3. The van der Waals surface area contributed by atoms with Crippen LogP contribution in [0.25, 0.3) is 10.8 Å². The second kappa shape index (κ2) is 7.91. The van der Waals surface area contributed by atoms with Crippen molar-refractivity contribution in [3.8, 4) is 11.5 Å². The van der Waals surface area contributed by atoms with Gasteiger partial charge in [-0.15, -0.1) is 0 Å². The van der Waals surface area contributed by atoms with Crippen molar-refractivity contribution in [3.05, 3.63) is 66.7 Å². The van der Waals surface area contributed by atoms with Gasteiger partial charge in [-0.1, -0.05) is 30.3 Å². The van der Waals surface area contributed by atoms with E-state index in [2.05, 4.69) is 0 Å². The minimum absolute atomic E-state index is 0.0653. The fourth-order valence-electron chi connectivity index (χ4n) is 2.95. The molecule has 0 aromatic heterocycles. The Morgan fingerprint density at radius 1 is 0.962 bits per heavy atom. The van der Waals surface area contributed by atoms with E-state index in [4.69, 9.17) is 9.47 Å². The summed E-state index contributed by atoms with van der Waals surface area (Å²) >= 11 is 0. The average Bonchev–Trinajstić information content (AvgIpc) is 2.68. The normalized spacial score (nSPS) is 11.8. The summed E-state index contributed by atoms with van der Waals surface area (Å²) in [6.07, 6.45) is -0.585. The maximum atomic E-state index is 12.8. The monoisotopic (exact) mass is 349 g/mol. The van der Waals surface area contributed by atoms with Gasteiger partial charge in [-0.25, -0.2) is 0 Å². The number of hydrogen-bond donors (Lipinski definition) is 0. The molecule has 0 heterocycles. The van der Waals surface area contributed by atoms with Crippen LogP contribution in [0.2, 0.25) is 0 Å². The number of likely N-dealkylation sites (N-methyl/N-ethyl adjacent to an activating group) is 1. The third-order valence-electron chi connectivity index (χ3n) is 4.33. The van der Waals surface area contributed by atoms with Crippen LogP contribution in [0.15, 0.2) is 66.7 Å². The van der Waals surface area contributed by atoms with Crippen LogP contribution in [-0.4, -0.2) is 25.7 Å². The fraction of sp³-hybridized carbons (Fsp3) is 0.227. The molecule has 0 radical (unpaired) electrons. The Hall–Kier alpha value is -3.01. The molecule has 0 fully saturated rings. The smallest absolute Gasteiger partial charge is 0.267 e. The van der Waals surface area contributed by atoms with Crippen LogP contribution >= 0.6 is 0 Å². The van der Waals surface area contributed by atoms with Gasteiger partial charge in [0.15, 0.2) is 6.10 Å². The molecule has 0 aliphatic carbocycles. The van der Waals surface area contributed by atoms with Gasteiger partial charge in [-0.3, -0.25) is 4.79 Å². The van der Waals surface area contributed by atoms with Crippen molar-refractivity contribution in [2.75, 3.05) is 18.6 Å². The number of nitrogens with zero attached hydrogens (tertiary/aromatic N) is 1. The van der Waals surface area contributed by atoms with E-state index in [-0.39, 0.29) is 5.91 Å². The van der Waals surface area contributed by atoms with Gasteiger partial charge in [-0.05, 0) is 61.0 Å². The van der Waals surface area contributed by atoms with Crippen molar-refractivity contribution in [1.29, 1.82) is 0 Å². The maximum absolute atomic E-state index is 12.8. The molecule has 0 unspecified atom stereocenters. The third-order valence-corrected chi connectivity index (χ3v) is 4.33. The van der Waals surface area contributed by atoms with Crippen LogP contribution < -0.4 is 14.4 Å². The van der Waals surface area contributed by atoms with E-state index in [0.29, 0.717) is 12.3 Å². The zero-order chi connectivity index (χ0) is 18.5. The van der Waals surface area contributed by atoms with Crippen LogP contribution in [0, 0.1) is 0 Å². The molecular weight excluding hydrogens is 326 g/mol. The summed E-state index contributed by atoms with van der Waals surface area (Å²) in [5.74, 6) is 1.39. The van der Waals surface area contributed by atoms with Crippen LogP contribution in [0.1, 0.15) is 13.8 Å². The second-order valence-electron chi connectivity index (χ2n) is 6.05. The van der Waals surface area contributed by atoms with Crippen LogP contribution in [0.3, 0.4) is 0 Å². The molecule has 1 atom stereocenters. The third kappa shape index (κ3) is 3.80. The zero-order valence-corrected chi connectivity index (χ0v) is 15.3. The first kappa shape index (κ1) is 17.8. The van der Waals surface area contributed by atoms with E-state index < -0.39 is 6.10 Å². The van der Waals surface area contributed by atoms with Gasteiger partial charge >= 0.3 is 0 Å². The Balaban J connectivity index is 1.79. The molecule has 0 aliphatic heterocycles. The van der Waals surface area contributed by atoms with Gasteiger partial charge in [0.05, 0.1) is 7.11 Å². The minimum Gasteiger partial charge on any atom is -0.497 e. The minimum atomic E-state index is -0.585. The van der Waals surface area contributed by atoms with Gasteiger partial charge < -0.3 is 14.4 Å². The largest absolute Gasteiger partial charge is 0.497 e. The van der Waals surface area contributed by atoms with Gasteiger partial charge in [0.1, 0.15) is 11.5 Å². The predicted molar refractivity (Wildman–Crippen MR) is 105 cm³/mol. The van der Waals surface area contributed by atoms with Gasteiger partial charge in [0.2, 0.25) is 0 Å². The Labute approximate surface area is 154 Å². The topological polar surface area (TPSA) is 38.8 Å². The molecule has 0 saturated heterocycles. The van der Waals surface area contributed by atoms with Crippen molar-refractivity contribution in [2.45, 2.75) is 20.0 Å². The Morgan fingerprint density at radius 3 is 2.27 bits per heavy atom. The lowest BCUT2D eigenvalue weighted by Crippen LogP contribution is -2.40. The molecule has 0 bridgehead atoms. The van der Waals surface area contributed by atoms with Crippen LogP contribution in [-0.2, 0) is 4.79 Å². The summed E-state index contributed by atoms with van der Waals surface area (Å²) in [5, 5.41) is 2.11. The molecule has 26 heavy (non-hydrogen) atoms. The lowest BCUT2D eigenvalue weighted by molar-refractivity contribution is -0.124. The second-order valence-corrected chi connectivity index (χ2v) is 6.05. The number of rotatable bonds is 6. The van der Waals surface area contributed by atoms with Crippen molar-refractivity contribution in [1.82, 2.24) is 0 Å². The highest BCUT2D eigenvalue weighted by molar-refractivity contribution is 5.96. The molecule has 134 valence electrons. The SMILES string of the molecule is CCN(C(=O)[C@@H](C)Oc1ccc2ccc(OC)cc2c1)c1ccccc1. The first-order chi connectivity index (χ1) is 12.6. The molecule has 0 N–H and O–H groups in total. The molecule has 4 nitrogen and oxygen atoms in total. The number of fused-ring (bicyclic) bond motifs is 1. The van der Waals surface area contributed by atoms with Crippen LogP contribution in [0.5, 0.6) is 11.5 Å². The van der Waals surface area contributed by atoms with E-state index in [1.165, 1.54) is 0 Å². The summed E-state index contributed by atoms with van der Waals surface area (Å²) < 4.78 is 11.2. The van der Waals surface area contributed by atoms with E-state index in [1.807, 2.05) is 73.7 Å². The van der Waals surface area contributed by atoms with Crippen molar-refractivity contribution in [3.63, 3.8) is 0 Å². The molecular formula is C22H23NO3. The summed E-state index contributed by atoms with van der Waals surface area (Å²) in [6.45, 7) is 4.33. The number of amides is 1. The first-order valence-electron chi connectivity index (χ1n) is 8.73. The molecule has 0 aliphatic rings. The Kier molecular flexibility index (Phi) is 5.42. The highest BCUT2D eigenvalue weighted by atomic mass is 16.5. The first-order valence-corrected chi connectivity index (χ1v) is 8.73. The number of para-hydroxylation sites is 1. The molecule has 0 spiro atoms. The van der Waals surface area contributed by atoms with Gasteiger partial charge in [0, 0.05) is 12.2 Å². The fourth-order valence-corrected chi connectivity index (χ4v) is 2.95. The van der Waals surface area contributed by atoms with Gasteiger partial charge in [0.25, 0.3) is 5.91 Å². The van der Waals surface area contributed by atoms with Crippen LogP contribution in [0.4, 0.5) is 5.69 Å². The summed E-state index contributed by atoms with van der Waals surface area (Å²) in [6, 6.07) is 21.3. The summed E-state index contributed by atoms with van der Waals surface area (Å²) in [4.78, 5) is 14.6. The molecule has 0 saturated carbocycles. The highest BCUT2D eigenvalue weighted by Gasteiger charge is 2.22. The molecule has 1 amide bonds. The number of methoxy groups -OCH3 is 1. The maximum Gasteiger partial charge on any atom is 0.267 e. The molecule has 3 rings (SSSR count). The van der Waals surface area contributed by atoms with E-state index >= 15 is 0 Å². The average molecular weight is 349 g/mol. The Bertz CT molecular complexity index is 892. The highest BCUT2D eigenvalue weighted by Crippen LogP contribution is 2.26. The van der Waals surface area contributed by atoms with E-state index in [1.54, 1.807) is 18.9 Å². The lowest BCUT2D eigenvalue weighted by atomic mass is 10.1. The quantitative estimate of drug-likeness (QED) is 0.649. The lowest BCUT2D eigenvalue weighted by Gasteiger charge is -2.25. The van der Waals surface area contributed by atoms with E-state index in [9.17, 15) is 4.79 Å². The molecule has 3 aromatic rings.